The van der Waals surface area contributed by atoms with Crippen LogP contribution in [0.1, 0.15) is 0 Å². The topological polar surface area (TPSA) is 29.5 Å². The Hall–Kier alpha value is -5.80. The highest BCUT2D eigenvalue weighted by atomic mass is 16.3. The van der Waals surface area contributed by atoms with Crippen molar-refractivity contribution in [3.05, 3.63) is 152 Å². The molecular formula is C40H25NO2. The van der Waals surface area contributed by atoms with Crippen LogP contribution < -0.4 is 4.90 Å². The molecule has 3 heteroatoms. The molecule has 0 fully saturated rings. The fraction of sp³-hybridized carbons (Fsp3) is 0. The first-order chi connectivity index (χ1) is 21.3. The maximum absolute atomic E-state index is 6.78. The summed E-state index contributed by atoms with van der Waals surface area (Å²) in [5.74, 6) is 0. The summed E-state index contributed by atoms with van der Waals surface area (Å²) in [7, 11) is 0. The number of nitrogens with zero attached hydrogens (tertiary/aromatic N) is 1. The molecule has 2 heterocycles. The van der Waals surface area contributed by atoms with Crippen LogP contribution >= 0.6 is 0 Å². The summed E-state index contributed by atoms with van der Waals surface area (Å²) in [6.07, 6.45) is 0. The molecule has 3 nitrogen and oxygen atoms in total. The third-order valence-corrected chi connectivity index (χ3v) is 8.46. The minimum absolute atomic E-state index is 0.837. The second-order valence-corrected chi connectivity index (χ2v) is 10.9. The summed E-state index contributed by atoms with van der Waals surface area (Å²) < 4.78 is 13.4. The van der Waals surface area contributed by atoms with E-state index in [-0.39, 0.29) is 0 Å². The Morgan fingerprint density at radius 3 is 1.81 bits per heavy atom. The fourth-order valence-electron chi connectivity index (χ4n) is 6.55. The number of anilines is 3. The monoisotopic (exact) mass is 551 g/mol. The van der Waals surface area contributed by atoms with Gasteiger partial charge in [-0.05, 0) is 46.8 Å². The van der Waals surface area contributed by atoms with Crippen LogP contribution in [0.5, 0.6) is 0 Å². The zero-order valence-electron chi connectivity index (χ0n) is 23.2. The van der Waals surface area contributed by atoms with Gasteiger partial charge in [-0.1, -0.05) is 121 Å². The zero-order chi connectivity index (χ0) is 28.3. The zero-order valence-corrected chi connectivity index (χ0v) is 23.2. The predicted molar refractivity (Wildman–Crippen MR) is 179 cm³/mol. The molecule has 9 rings (SSSR count). The van der Waals surface area contributed by atoms with E-state index in [1.165, 1.54) is 5.39 Å². The average molecular weight is 552 g/mol. The molecule has 0 spiro atoms. The standard InChI is InChI=1S/C40H25NO2/c1-2-12-27(13-3-1)29-24-25-35(40-38(29)32-18-7-9-23-37(32)43-40)41(33-20-10-15-26-14-4-5-16-28(26)33)34-21-11-19-31-30-17-6-8-22-36(30)42-39(31)34/h1-25H. The summed E-state index contributed by atoms with van der Waals surface area (Å²) in [6, 6.07) is 52.9. The molecule has 0 saturated heterocycles. The number of furan rings is 2. The quantitative estimate of drug-likeness (QED) is 0.218. The lowest BCUT2D eigenvalue weighted by molar-refractivity contribution is 0.666. The van der Waals surface area contributed by atoms with E-state index in [1.54, 1.807) is 0 Å². The first-order valence-electron chi connectivity index (χ1n) is 14.5. The molecule has 7 aromatic carbocycles. The largest absolute Gasteiger partial charge is 0.454 e. The van der Waals surface area contributed by atoms with Crippen molar-refractivity contribution in [3.63, 3.8) is 0 Å². The van der Waals surface area contributed by atoms with E-state index in [9.17, 15) is 0 Å². The molecule has 0 amide bonds. The first kappa shape index (κ1) is 23.9. The van der Waals surface area contributed by atoms with Crippen molar-refractivity contribution in [2.24, 2.45) is 0 Å². The molecule has 0 saturated carbocycles. The van der Waals surface area contributed by atoms with Gasteiger partial charge in [-0.2, -0.15) is 0 Å². The van der Waals surface area contributed by atoms with Crippen molar-refractivity contribution >= 4 is 71.7 Å². The lowest BCUT2D eigenvalue weighted by atomic mass is 9.97. The van der Waals surface area contributed by atoms with Gasteiger partial charge in [0.2, 0.25) is 0 Å². The van der Waals surface area contributed by atoms with E-state index in [4.69, 9.17) is 8.83 Å². The highest BCUT2D eigenvalue weighted by molar-refractivity contribution is 6.19. The smallest absolute Gasteiger partial charge is 0.160 e. The molecule has 0 aliphatic rings. The van der Waals surface area contributed by atoms with E-state index in [0.717, 1.165) is 77.5 Å². The highest BCUT2D eigenvalue weighted by Crippen LogP contribution is 2.49. The number of rotatable bonds is 4. The Morgan fingerprint density at radius 1 is 0.372 bits per heavy atom. The third-order valence-electron chi connectivity index (χ3n) is 8.46. The highest BCUT2D eigenvalue weighted by Gasteiger charge is 2.25. The van der Waals surface area contributed by atoms with Crippen molar-refractivity contribution in [2.45, 2.75) is 0 Å². The molecular weight excluding hydrogens is 526 g/mol. The molecule has 43 heavy (non-hydrogen) atoms. The van der Waals surface area contributed by atoms with Crippen LogP contribution in [-0.4, -0.2) is 0 Å². The molecule has 9 aromatic rings. The first-order valence-corrected chi connectivity index (χ1v) is 14.5. The number of fused-ring (bicyclic) bond motifs is 7. The number of para-hydroxylation sites is 3. The van der Waals surface area contributed by atoms with Crippen molar-refractivity contribution in [1.29, 1.82) is 0 Å². The van der Waals surface area contributed by atoms with Gasteiger partial charge in [0.15, 0.2) is 11.2 Å². The van der Waals surface area contributed by atoms with E-state index in [2.05, 4.69) is 138 Å². The summed E-state index contributed by atoms with van der Waals surface area (Å²) in [5, 5.41) is 6.70. The van der Waals surface area contributed by atoms with Gasteiger partial charge < -0.3 is 13.7 Å². The molecule has 0 radical (unpaired) electrons. The van der Waals surface area contributed by atoms with Gasteiger partial charge in [0, 0.05) is 26.9 Å². The maximum atomic E-state index is 6.78. The minimum Gasteiger partial charge on any atom is -0.454 e. The van der Waals surface area contributed by atoms with Crippen LogP contribution in [0.2, 0.25) is 0 Å². The maximum Gasteiger partial charge on any atom is 0.160 e. The minimum atomic E-state index is 0.837. The van der Waals surface area contributed by atoms with E-state index in [0.29, 0.717) is 0 Å². The van der Waals surface area contributed by atoms with E-state index in [1.807, 2.05) is 18.2 Å². The van der Waals surface area contributed by atoms with Crippen LogP contribution in [0.15, 0.2) is 160 Å². The van der Waals surface area contributed by atoms with Gasteiger partial charge >= 0.3 is 0 Å². The number of benzene rings is 7. The second kappa shape index (κ2) is 9.37. The molecule has 0 bridgehead atoms. The van der Waals surface area contributed by atoms with E-state index < -0.39 is 0 Å². The van der Waals surface area contributed by atoms with Gasteiger partial charge in [-0.25, -0.2) is 0 Å². The van der Waals surface area contributed by atoms with Gasteiger partial charge in [0.1, 0.15) is 11.2 Å². The van der Waals surface area contributed by atoms with Crippen LogP contribution in [0, 0.1) is 0 Å². The van der Waals surface area contributed by atoms with Gasteiger partial charge in [0.25, 0.3) is 0 Å². The lowest BCUT2D eigenvalue weighted by Crippen LogP contribution is -2.11. The summed E-state index contributed by atoms with van der Waals surface area (Å²) in [6.45, 7) is 0. The van der Waals surface area contributed by atoms with Crippen molar-refractivity contribution in [2.75, 3.05) is 4.90 Å². The Labute approximate surface area is 247 Å². The van der Waals surface area contributed by atoms with Crippen LogP contribution in [0.4, 0.5) is 17.1 Å². The second-order valence-electron chi connectivity index (χ2n) is 10.9. The number of hydrogen-bond acceptors (Lipinski definition) is 3. The molecule has 202 valence electrons. The van der Waals surface area contributed by atoms with Crippen LogP contribution in [0.3, 0.4) is 0 Å². The summed E-state index contributed by atoms with van der Waals surface area (Å²) >= 11 is 0. The lowest BCUT2D eigenvalue weighted by Gasteiger charge is -2.27. The molecule has 0 aliphatic carbocycles. The Kier molecular flexibility index (Phi) is 5.20. The van der Waals surface area contributed by atoms with Crippen LogP contribution in [-0.2, 0) is 0 Å². The van der Waals surface area contributed by atoms with Gasteiger partial charge in [-0.3, -0.25) is 0 Å². The van der Waals surface area contributed by atoms with Crippen molar-refractivity contribution in [3.8, 4) is 11.1 Å². The van der Waals surface area contributed by atoms with Crippen molar-refractivity contribution < 1.29 is 8.83 Å². The van der Waals surface area contributed by atoms with E-state index >= 15 is 0 Å². The molecule has 0 N–H and O–H groups in total. The Morgan fingerprint density at radius 2 is 0.953 bits per heavy atom. The normalized spacial score (nSPS) is 11.7. The SMILES string of the molecule is c1ccc(-c2ccc(N(c3cccc4ccccc34)c3cccc4c3oc3ccccc34)c3oc4ccccc4c23)cc1. The molecule has 0 aliphatic heterocycles. The van der Waals surface area contributed by atoms with Gasteiger partial charge in [-0.15, -0.1) is 0 Å². The molecule has 0 atom stereocenters. The van der Waals surface area contributed by atoms with Crippen molar-refractivity contribution in [1.82, 2.24) is 0 Å². The Bertz CT molecular complexity index is 2460. The number of hydrogen-bond donors (Lipinski definition) is 0. The third kappa shape index (κ3) is 3.62. The molecule has 0 unspecified atom stereocenters. The molecule has 2 aromatic heterocycles. The Balaban J connectivity index is 1.43. The summed E-state index contributed by atoms with van der Waals surface area (Å²) in [4.78, 5) is 2.31. The average Bonchev–Trinajstić information content (AvgIpc) is 3.65. The van der Waals surface area contributed by atoms with Crippen LogP contribution in [0.25, 0.3) is 65.8 Å². The predicted octanol–water partition coefficient (Wildman–Crippen LogP) is 11.8. The summed E-state index contributed by atoms with van der Waals surface area (Å²) in [5.41, 5.74) is 8.68. The van der Waals surface area contributed by atoms with Gasteiger partial charge in [0.05, 0.1) is 17.1 Å². The fourth-order valence-corrected chi connectivity index (χ4v) is 6.55.